The molecule has 2 unspecified atom stereocenters. The van der Waals surface area contributed by atoms with Crippen molar-refractivity contribution in [3.05, 3.63) is 56.2 Å². The Morgan fingerprint density at radius 2 is 2.11 bits per heavy atom. The fourth-order valence-corrected chi connectivity index (χ4v) is 4.93. The zero-order valence-corrected chi connectivity index (χ0v) is 14.3. The van der Waals surface area contributed by atoms with Crippen LogP contribution >= 0.6 is 39.0 Å². The summed E-state index contributed by atoms with van der Waals surface area (Å²) >= 11 is 7.22. The summed E-state index contributed by atoms with van der Waals surface area (Å²) < 4.78 is 1.17. The van der Waals surface area contributed by atoms with Crippen molar-refractivity contribution in [2.24, 2.45) is 5.73 Å². The fourth-order valence-electron chi connectivity index (χ4n) is 1.96. The van der Waals surface area contributed by atoms with Crippen molar-refractivity contribution in [3.8, 4) is 0 Å². The molecule has 0 bridgehead atoms. The number of benzene rings is 1. The molecule has 0 aliphatic carbocycles. The molecule has 1 heterocycles. The largest absolute Gasteiger partial charge is 0.327 e. The third-order valence-corrected chi connectivity index (χ3v) is 6.26. The molecule has 0 amide bonds. The van der Waals surface area contributed by atoms with Crippen molar-refractivity contribution in [2.45, 2.75) is 30.9 Å². The van der Waals surface area contributed by atoms with Crippen molar-refractivity contribution in [3.63, 3.8) is 0 Å². The molecule has 2 atom stereocenters. The highest BCUT2D eigenvalue weighted by atomic mass is 79.9. The van der Waals surface area contributed by atoms with E-state index in [-0.39, 0.29) is 6.04 Å². The number of thiophene rings is 1. The number of thioether (sulfide) groups is 1. The van der Waals surface area contributed by atoms with Gasteiger partial charge in [-0.2, -0.15) is 0 Å². The van der Waals surface area contributed by atoms with Gasteiger partial charge in [0.25, 0.3) is 0 Å². The second-order valence-corrected chi connectivity index (χ2v) is 8.35. The van der Waals surface area contributed by atoms with Crippen molar-refractivity contribution in [1.82, 2.24) is 0 Å². The Morgan fingerprint density at radius 1 is 1.32 bits per heavy atom. The lowest BCUT2D eigenvalue weighted by molar-refractivity contribution is 0.730. The molecule has 2 rings (SSSR count). The number of aryl methyl sites for hydroxylation is 1. The van der Waals surface area contributed by atoms with Crippen LogP contribution < -0.4 is 5.73 Å². The lowest BCUT2D eigenvalue weighted by Crippen LogP contribution is -2.22. The van der Waals surface area contributed by atoms with Crippen molar-refractivity contribution >= 4 is 39.0 Å². The molecule has 1 nitrogen and oxygen atoms in total. The van der Waals surface area contributed by atoms with E-state index in [1.807, 2.05) is 11.8 Å². The van der Waals surface area contributed by atoms with Crippen LogP contribution in [0.1, 0.15) is 28.2 Å². The van der Waals surface area contributed by atoms with Gasteiger partial charge in [0.15, 0.2) is 0 Å². The summed E-state index contributed by atoms with van der Waals surface area (Å²) in [6.45, 7) is 4.22. The molecule has 102 valence electrons. The Bertz CT molecular complexity index is 536. The van der Waals surface area contributed by atoms with Crippen LogP contribution in [0.2, 0.25) is 0 Å². The quantitative estimate of drug-likeness (QED) is 0.803. The highest BCUT2D eigenvalue weighted by Crippen LogP contribution is 2.38. The topological polar surface area (TPSA) is 26.0 Å². The predicted octanol–water partition coefficient (Wildman–Crippen LogP) is 5.14. The van der Waals surface area contributed by atoms with Crippen molar-refractivity contribution in [1.29, 1.82) is 0 Å². The van der Waals surface area contributed by atoms with E-state index in [0.29, 0.717) is 5.25 Å². The Hall–Kier alpha value is -0.290. The zero-order valence-electron chi connectivity index (χ0n) is 11.1. The predicted molar refractivity (Wildman–Crippen MR) is 90.9 cm³/mol. The normalized spacial score (nSPS) is 14.3. The SMILES string of the molecule is Cc1cccc(CSC(c2ccc(Br)s2)C(C)N)c1. The summed E-state index contributed by atoms with van der Waals surface area (Å²) in [4.78, 5) is 1.35. The van der Waals surface area contributed by atoms with Crippen molar-refractivity contribution in [2.75, 3.05) is 0 Å². The Kier molecular flexibility index (Phi) is 5.51. The molecule has 2 aromatic rings. The summed E-state index contributed by atoms with van der Waals surface area (Å²) in [5, 5.41) is 0.358. The molecular formula is C15H18BrNS2. The minimum absolute atomic E-state index is 0.153. The van der Waals surface area contributed by atoms with Gasteiger partial charge in [0.2, 0.25) is 0 Å². The molecule has 0 fully saturated rings. The van der Waals surface area contributed by atoms with E-state index >= 15 is 0 Å². The Balaban J connectivity index is 2.06. The summed E-state index contributed by atoms with van der Waals surface area (Å²) in [5.74, 6) is 1.00. The fraction of sp³-hybridized carbons (Fsp3) is 0.333. The van der Waals surface area contributed by atoms with Crippen LogP contribution in [0, 0.1) is 6.92 Å². The highest BCUT2D eigenvalue weighted by molar-refractivity contribution is 9.11. The molecule has 2 N–H and O–H groups in total. The molecule has 0 saturated heterocycles. The number of hydrogen-bond acceptors (Lipinski definition) is 3. The zero-order chi connectivity index (χ0) is 13.8. The maximum Gasteiger partial charge on any atom is 0.0701 e. The van der Waals surface area contributed by atoms with Gasteiger partial charge in [-0.25, -0.2) is 0 Å². The van der Waals surface area contributed by atoms with Gasteiger partial charge in [-0.3, -0.25) is 0 Å². The molecule has 0 spiro atoms. The first-order valence-corrected chi connectivity index (χ1v) is 8.90. The Morgan fingerprint density at radius 3 is 2.68 bits per heavy atom. The van der Waals surface area contributed by atoms with Gasteiger partial charge in [-0.05, 0) is 47.5 Å². The van der Waals surface area contributed by atoms with Crippen LogP contribution in [0.15, 0.2) is 40.2 Å². The molecule has 19 heavy (non-hydrogen) atoms. The second kappa shape index (κ2) is 6.93. The van der Waals surface area contributed by atoms with E-state index in [2.05, 4.69) is 66.2 Å². The van der Waals surface area contributed by atoms with Gasteiger partial charge in [-0.1, -0.05) is 29.8 Å². The average Bonchev–Trinajstić information content (AvgIpc) is 2.76. The lowest BCUT2D eigenvalue weighted by Gasteiger charge is -2.19. The van der Waals surface area contributed by atoms with Crippen LogP contribution in [-0.2, 0) is 5.75 Å². The van der Waals surface area contributed by atoms with E-state index in [0.717, 1.165) is 5.75 Å². The summed E-state index contributed by atoms with van der Waals surface area (Å²) in [7, 11) is 0. The molecule has 0 radical (unpaired) electrons. The van der Waals surface area contributed by atoms with Crippen LogP contribution in [0.3, 0.4) is 0 Å². The van der Waals surface area contributed by atoms with E-state index in [1.54, 1.807) is 11.3 Å². The van der Waals surface area contributed by atoms with Gasteiger partial charge in [0.1, 0.15) is 0 Å². The van der Waals surface area contributed by atoms with E-state index < -0.39 is 0 Å². The van der Waals surface area contributed by atoms with Gasteiger partial charge in [-0.15, -0.1) is 23.1 Å². The highest BCUT2D eigenvalue weighted by Gasteiger charge is 2.18. The maximum atomic E-state index is 6.14. The molecule has 0 aliphatic rings. The third kappa shape index (κ3) is 4.35. The Labute approximate surface area is 131 Å². The lowest BCUT2D eigenvalue weighted by atomic mass is 10.2. The van der Waals surface area contributed by atoms with Crippen LogP contribution in [0.4, 0.5) is 0 Å². The first-order chi connectivity index (χ1) is 9.06. The van der Waals surface area contributed by atoms with E-state index in [1.165, 1.54) is 19.8 Å². The number of halogens is 1. The molecule has 1 aromatic heterocycles. The first-order valence-electron chi connectivity index (χ1n) is 6.24. The van der Waals surface area contributed by atoms with Crippen LogP contribution in [0.25, 0.3) is 0 Å². The monoisotopic (exact) mass is 355 g/mol. The summed E-state index contributed by atoms with van der Waals surface area (Å²) in [6.07, 6.45) is 0. The second-order valence-electron chi connectivity index (χ2n) is 4.72. The molecule has 0 saturated carbocycles. The number of nitrogens with two attached hydrogens (primary N) is 1. The van der Waals surface area contributed by atoms with Gasteiger partial charge in [0.05, 0.1) is 9.04 Å². The molecule has 1 aromatic carbocycles. The minimum Gasteiger partial charge on any atom is -0.327 e. The molecular weight excluding hydrogens is 338 g/mol. The third-order valence-electron chi connectivity index (χ3n) is 2.86. The number of hydrogen-bond donors (Lipinski definition) is 1. The minimum atomic E-state index is 0.153. The van der Waals surface area contributed by atoms with Crippen molar-refractivity contribution < 1.29 is 0 Å². The van der Waals surface area contributed by atoms with E-state index in [9.17, 15) is 0 Å². The standard InChI is InChI=1S/C15H18BrNS2/c1-10-4-3-5-12(8-10)9-18-15(11(2)17)13-6-7-14(16)19-13/h3-8,11,15H,9,17H2,1-2H3. The summed E-state index contributed by atoms with van der Waals surface area (Å²) in [6, 6.07) is 13.1. The van der Waals surface area contributed by atoms with Gasteiger partial charge < -0.3 is 5.73 Å². The average molecular weight is 356 g/mol. The van der Waals surface area contributed by atoms with Crippen LogP contribution in [0.5, 0.6) is 0 Å². The van der Waals surface area contributed by atoms with E-state index in [4.69, 9.17) is 5.73 Å². The van der Waals surface area contributed by atoms with Gasteiger partial charge in [0, 0.05) is 16.7 Å². The molecule has 0 aliphatic heterocycles. The van der Waals surface area contributed by atoms with Crippen LogP contribution in [-0.4, -0.2) is 6.04 Å². The summed E-state index contributed by atoms with van der Waals surface area (Å²) in [5.41, 5.74) is 8.82. The molecule has 4 heteroatoms. The maximum absolute atomic E-state index is 6.14. The first kappa shape index (κ1) is 15.1. The van der Waals surface area contributed by atoms with Gasteiger partial charge >= 0.3 is 0 Å². The smallest absolute Gasteiger partial charge is 0.0701 e. The number of rotatable bonds is 5.